The lowest BCUT2D eigenvalue weighted by Gasteiger charge is -2.18. The largest absolute Gasteiger partial charge is 0.465 e. The average molecular weight is 235 g/mol. The first-order valence-corrected chi connectivity index (χ1v) is 5.61. The monoisotopic (exact) mass is 235 g/mol. The molecule has 0 spiro atoms. The Labute approximate surface area is 101 Å². The summed E-state index contributed by atoms with van der Waals surface area (Å²) in [6.07, 6.45) is 0. The number of esters is 1. The summed E-state index contributed by atoms with van der Waals surface area (Å²) in [5, 5.41) is 0. The normalized spacial score (nSPS) is 9.82. The van der Waals surface area contributed by atoms with Gasteiger partial charge in [0, 0.05) is 18.7 Å². The molecule has 0 N–H and O–H groups in total. The van der Waals surface area contributed by atoms with Crippen LogP contribution in [0.3, 0.4) is 0 Å². The molecule has 1 amide bonds. The van der Waals surface area contributed by atoms with E-state index in [0.29, 0.717) is 24.2 Å². The molecule has 17 heavy (non-hydrogen) atoms. The van der Waals surface area contributed by atoms with Crippen LogP contribution in [0.2, 0.25) is 0 Å². The highest BCUT2D eigenvalue weighted by Gasteiger charge is 2.13. The van der Waals surface area contributed by atoms with Crippen LogP contribution >= 0.6 is 0 Å². The van der Waals surface area contributed by atoms with Gasteiger partial charge >= 0.3 is 5.97 Å². The minimum atomic E-state index is -0.396. The second-order valence-electron chi connectivity index (χ2n) is 3.55. The van der Waals surface area contributed by atoms with Gasteiger partial charge in [-0.3, -0.25) is 4.79 Å². The van der Waals surface area contributed by atoms with Crippen LogP contribution in [0.15, 0.2) is 24.3 Å². The summed E-state index contributed by atoms with van der Waals surface area (Å²) >= 11 is 0. The van der Waals surface area contributed by atoms with E-state index in [2.05, 4.69) is 4.74 Å². The minimum absolute atomic E-state index is 0.0218. The number of methoxy groups -OCH3 is 1. The molecule has 1 aromatic carbocycles. The quantitative estimate of drug-likeness (QED) is 0.749. The number of carbonyl (C=O) groups is 2. The topological polar surface area (TPSA) is 46.6 Å². The number of hydrogen-bond acceptors (Lipinski definition) is 3. The van der Waals surface area contributed by atoms with Gasteiger partial charge in [0.15, 0.2) is 0 Å². The van der Waals surface area contributed by atoms with Crippen molar-refractivity contribution < 1.29 is 14.3 Å². The highest BCUT2D eigenvalue weighted by Crippen LogP contribution is 2.08. The van der Waals surface area contributed by atoms with Crippen molar-refractivity contribution in [2.24, 2.45) is 0 Å². The molecule has 0 unspecified atom stereocenters. The zero-order valence-corrected chi connectivity index (χ0v) is 10.4. The Bertz CT molecular complexity index is 394. The second-order valence-corrected chi connectivity index (χ2v) is 3.55. The molecule has 0 heterocycles. The molecule has 0 atom stereocenters. The molecule has 0 aliphatic heterocycles. The van der Waals surface area contributed by atoms with E-state index in [1.807, 2.05) is 13.8 Å². The van der Waals surface area contributed by atoms with Crippen LogP contribution in [-0.2, 0) is 4.74 Å². The SMILES string of the molecule is CCN(CC)C(=O)c1ccc(C(=O)OC)cc1. The van der Waals surface area contributed by atoms with Crippen molar-refractivity contribution in [1.29, 1.82) is 0 Å². The molecule has 0 fully saturated rings. The van der Waals surface area contributed by atoms with Crippen molar-refractivity contribution in [2.75, 3.05) is 20.2 Å². The van der Waals surface area contributed by atoms with E-state index in [1.54, 1.807) is 29.2 Å². The van der Waals surface area contributed by atoms with E-state index in [1.165, 1.54) is 7.11 Å². The van der Waals surface area contributed by atoms with Gasteiger partial charge in [-0.05, 0) is 38.1 Å². The highest BCUT2D eigenvalue weighted by atomic mass is 16.5. The van der Waals surface area contributed by atoms with Gasteiger partial charge in [0.1, 0.15) is 0 Å². The fourth-order valence-electron chi connectivity index (χ4n) is 1.56. The molecule has 0 radical (unpaired) electrons. The summed E-state index contributed by atoms with van der Waals surface area (Å²) in [5.41, 5.74) is 1.03. The van der Waals surface area contributed by atoms with Crippen LogP contribution < -0.4 is 0 Å². The van der Waals surface area contributed by atoms with Crippen molar-refractivity contribution in [1.82, 2.24) is 4.90 Å². The van der Waals surface area contributed by atoms with E-state index in [4.69, 9.17) is 0 Å². The van der Waals surface area contributed by atoms with Gasteiger partial charge in [-0.2, -0.15) is 0 Å². The van der Waals surface area contributed by atoms with Crippen LogP contribution in [0.1, 0.15) is 34.6 Å². The smallest absolute Gasteiger partial charge is 0.337 e. The third-order valence-corrected chi connectivity index (χ3v) is 2.60. The van der Waals surface area contributed by atoms with E-state index in [9.17, 15) is 9.59 Å². The molecular formula is C13H17NO3. The summed E-state index contributed by atoms with van der Waals surface area (Å²) in [6, 6.07) is 6.49. The summed E-state index contributed by atoms with van der Waals surface area (Å²) in [5.74, 6) is -0.418. The predicted molar refractivity (Wildman–Crippen MR) is 65.0 cm³/mol. The van der Waals surface area contributed by atoms with Crippen molar-refractivity contribution in [3.63, 3.8) is 0 Å². The lowest BCUT2D eigenvalue weighted by Crippen LogP contribution is -2.30. The van der Waals surface area contributed by atoms with Crippen LogP contribution in [0.5, 0.6) is 0 Å². The van der Waals surface area contributed by atoms with Crippen LogP contribution in [0.4, 0.5) is 0 Å². The van der Waals surface area contributed by atoms with Crippen LogP contribution in [-0.4, -0.2) is 37.0 Å². The minimum Gasteiger partial charge on any atom is -0.465 e. The number of ether oxygens (including phenoxy) is 1. The number of amides is 1. The van der Waals surface area contributed by atoms with Crippen molar-refractivity contribution in [3.05, 3.63) is 35.4 Å². The van der Waals surface area contributed by atoms with Crippen LogP contribution in [0.25, 0.3) is 0 Å². The van der Waals surface area contributed by atoms with Crippen molar-refractivity contribution in [3.8, 4) is 0 Å². The molecule has 0 aliphatic carbocycles. The highest BCUT2D eigenvalue weighted by molar-refractivity contribution is 5.96. The second kappa shape index (κ2) is 6.03. The van der Waals surface area contributed by atoms with Crippen LogP contribution in [0, 0.1) is 0 Å². The Morgan fingerprint density at radius 3 is 1.94 bits per heavy atom. The van der Waals surface area contributed by atoms with Gasteiger partial charge in [0.05, 0.1) is 12.7 Å². The van der Waals surface area contributed by atoms with E-state index in [0.717, 1.165) is 0 Å². The Morgan fingerprint density at radius 2 is 1.53 bits per heavy atom. The van der Waals surface area contributed by atoms with Gasteiger partial charge in [-0.15, -0.1) is 0 Å². The van der Waals surface area contributed by atoms with Gasteiger partial charge in [-0.1, -0.05) is 0 Å². The third-order valence-electron chi connectivity index (χ3n) is 2.60. The Kier molecular flexibility index (Phi) is 4.69. The lowest BCUT2D eigenvalue weighted by molar-refractivity contribution is 0.0600. The predicted octanol–water partition coefficient (Wildman–Crippen LogP) is 1.96. The molecule has 0 bridgehead atoms. The molecule has 0 saturated carbocycles. The first-order valence-electron chi connectivity index (χ1n) is 5.61. The van der Waals surface area contributed by atoms with E-state index >= 15 is 0 Å². The molecule has 4 nitrogen and oxygen atoms in total. The molecule has 0 aliphatic rings. The van der Waals surface area contributed by atoms with E-state index in [-0.39, 0.29) is 5.91 Å². The lowest BCUT2D eigenvalue weighted by atomic mass is 10.1. The molecule has 1 aromatic rings. The van der Waals surface area contributed by atoms with Gasteiger partial charge in [-0.25, -0.2) is 4.79 Å². The first-order chi connectivity index (χ1) is 8.13. The Hall–Kier alpha value is -1.84. The number of carbonyl (C=O) groups excluding carboxylic acids is 2. The van der Waals surface area contributed by atoms with Crippen molar-refractivity contribution in [2.45, 2.75) is 13.8 Å². The number of rotatable bonds is 4. The van der Waals surface area contributed by atoms with Gasteiger partial charge < -0.3 is 9.64 Å². The summed E-state index contributed by atoms with van der Waals surface area (Å²) in [4.78, 5) is 24.9. The third kappa shape index (κ3) is 3.06. The van der Waals surface area contributed by atoms with E-state index < -0.39 is 5.97 Å². The average Bonchev–Trinajstić information content (AvgIpc) is 2.39. The number of hydrogen-bond donors (Lipinski definition) is 0. The van der Waals surface area contributed by atoms with Crippen molar-refractivity contribution >= 4 is 11.9 Å². The standard InChI is InChI=1S/C13H17NO3/c1-4-14(5-2)12(15)10-6-8-11(9-7-10)13(16)17-3/h6-9H,4-5H2,1-3H3. The number of benzene rings is 1. The Morgan fingerprint density at radius 1 is 1.06 bits per heavy atom. The Balaban J connectivity index is 2.87. The van der Waals surface area contributed by atoms with Gasteiger partial charge in [0.2, 0.25) is 0 Å². The molecule has 92 valence electrons. The zero-order chi connectivity index (χ0) is 12.8. The molecule has 0 aromatic heterocycles. The maximum absolute atomic E-state index is 12.0. The fourth-order valence-corrected chi connectivity index (χ4v) is 1.56. The molecular weight excluding hydrogens is 218 g/mol. The summed E-state index contributed by atoms with van der Waals surface area (Å²) < 4.78 is 4.59. The zero-order valence-electron chi connectivity index (χ0n) is 10.4. The fraction of sp³-hybridized carbons (Fsp3) is 0.385. The first kappa shape index (κ1) is 13.2. The van der Waals surface area contributed by atoms with Gasteiger partial charge in [0.25, 0.3) is 5.91 Å². The maximum atomic E-state index is 12.0. The maximum Gasteiger partial charge on any atom is 0.337 e. The summed E-state index contributed by atoms with van der Waals surface area (Å²) in [7, 11) is 1.33. The molecule has 0 saturated heterocycles. The summed E-state index contributed by atoms with van der Waals surface area (Å²) in [6.45, 7) is 5.22. The number of nitrogens with zero attached hydrogens (tertiary/aromatic N) is 1. The molecule has 1 rings (SSSR count). The molecule has 4 heteroatoms.